The topological polar surface area (TPSA) is 23.6 Å². The average Bonchev–Trinajstić information content (AvgIpc) is 3.21. The lowest BCUT2D eigenvalue weighted by atomic mass is 10.1. The maximum absolute atomic E-state index is 12.6. The van der Waals surface area contributed by atoms with Crippen LogP contribution in [-0.2, 0) is 0 Å². The van der Waals surface area contributed by atoms with Crippen LogP contribution in [0, 0.1) is 5.92 Å². The van der Waals surface area contributed by atoms with Crippen molar-refractivity contribution >= 4 is 17.5 Å². The lowest BCUT2D eigenvalue weighted by molar-refractivity contribution is 0.0607. The summed E-state index contributed by atoms with van der Waals surface area (Å²) in [7, 11) is 1.94. The SMILES string of the molecule is CN(C(=O)c1ccc(Cl)cc1)C(CN1CCC1)C1CC1. The van der Waals surface area contributed by atoms with E-state index in [4.69, 9.17) is 11.6 Å². The molecule has 1 amide bonds. The Hall–Kier alpha value is -1.06. The van der Waals surface area contributed by atoms with Crippen LogP contribution in [0.25, 0.3) is 0 Å². The molecule has 1 aromatic rings. The van der Waals surface area contributed by atoms with Gasteiger partial charge in [0.2, 0.25) is 0 Å². The molecule has 0 radical (unpaired) electrons. The number of hydrogen-bond donors (Lipinski definition) is 0. The van der Waals surface area contributed by atoms with Gasteiger partial charge in [0.05, 0.1) is 0 Å². The summed E-state index contributed by atoms with van der Waals surface area (Å²) in [6, 6.07) is 7.55. The second kappa shape index (κ2) is 5.74. The van der Waals surface area contributed by atoms with Crippen LogP contribution < -0.4 is 0 Å². The summed E-state index contributed by atoms with van der Waals surface area (Å²) in [5.74, 6) is 0.802. The number of likely N-dealkylation sites (N-methyl/N-ethyl adjacent to an activating group) is 1. The maximum Gasteiger partial charge on any atom is 0.253 e. The van der Waals surface area contributed by atoms with Gasteiger partial charge < -0.3 is 9.80 Å². The quantitative estimate of drug-likeness (QED) is 0.833. The summed E-state index contributed by atoms with van der Waals surface area (Å²) in [4.78, 5) is 17.0. The van der Waals surface area contributed by atoms with Crippen LogP contribution in [0.3, 0.4) is 0 Å². The van der Waals surface area contributed by atoms with Gasteiger partial charge in [0, 0.05) is 30.2 Å². The lowest BCUT2D eigenvalue weighted by Gasteiger charge is -2.38. The third-order valence-electron chi connectivity index (χ3n) is 4.47. The molecule has 1 saturated heterocycles. The summed E-state index contributed by atoms with van der Waals surface area (Å²) < 4.78 is 0. The molecule has 1 atom stereocenters. The number of nitrogens with zero attached hydrogens (tertiary/aromatic N) is 2. The summed E-state index contributed by atoms with van der Waals surface area (Å²) >= 11 is 5.88. The Bertz CT molecular complexity index is 480. The normalized spacial score (nSPS) is 20.3. The Morgan fingerprint density at radius 1 is 1.35 bits per heavy atom. The van der Waals surface area contributed by atoms with Crippen molar-refractivity contribution in [2.24, 2.45) is 5.92 Å². The van der Waals surface area contributed by atoms with Gasteiger partial charge in [-0.05, 0) is 62.5 Å². The number of carbonyl (C=O) groups is 1. The molecule has 108 valence electrons. The molecular formula is C16H21ClN2O. The Morgan fingerprint density at radius 2 is 2.00 bits per heavy atom. The number of likely N-dealkylation sites (tertiary alicyclic amines) is 1. The van der Waals surface area contributed by atoms with Crippen molar-refractivity contribution in [3.63, 3.8) is 0 Å². The van der Waals surface area contributed by atoms with Gasteiger partial charge in [-0.1, -0.05) is 11.6 Å². The van der Waals surface area contributed by atoms with E-state index in [1.807, 2.05) is 24.1 Å². The molecule has 3 rings (SSSR count). The smallest absolute Gasteiger partial charge is 0.253 e. The molecule has 20 heavy (non-hydrogen) atoms. The minimum absolute atomic E-state index is 0.110. The fraction of sp³-hybridized carbons (Fsp3) is 0.562. The Balaban J connectivity index is 1.69. The zero-order valence-corrected chi connectivity index (χ0v) is 12.6. The van der Waals surface area contributed by atoms with E-state index in [2.05, 4.69) is 4.90 Å². The number of amides is 1. The summed E-state index contributed by atoms with van der Waals surface area (Å²) in [6.07, 6.45) is 3.82. The highest BCUT2D eigenvalue weighted by Crippen LogP contribution is 2.36. The second-order valence-electron chi connectivity index (χ2n) is 5.98. The standard InChI is InChI=1S/C16H21ClN2O/c1-18(16(20)13-5-7-14(17)8-6-13)15(12-3-4-12)11-19-9-2-10-19/h5-8,12,15H,2-4,9-11H2,1H3. The van der Waals surface area contributed by atoms with Crippen LogP contribution in [-0.4, -0.2) is 48.4 Å². The van der Waals surface area contributed by atoms with Gasteiger partial charge in [0.15, 0.2) is 0 Å². The van der Waals surface area contributed by atoms with E-state index in [1.165, 1.54) is 32.4 Å². The zero-order chi connectivity index (χ0) is 14.1. The van der Waals surface area contributed by atoms with Crippen molar-refractivity contribution in [3.8, 4) is 0 Å². The highest BCUT2D eigenvalue weighted by molar-refractivity contribution is 6.30. The van der Waals surface area contributed by atoms with Gasteiger partial charge in [-0.2, -0.15) is 0 Å². The van der Waals surface area contributed by atoms with E-state index in [0.717, 1.165) is 12.1 Å². The number of carbonyl (C=O) groups excluding carboxylic acids is 1. The van der Waals surface area contributed by atoms with E-state index >= 15 is 0 Å². The number of benzene rings is 1. The molecular weight excluding hydrogens is 272 g/mol. The molecule has 1 heterocycles. The molecule has 1 aliphatic carbocycles. The van der Waals surface area contributed by atoms with E-state index in [9.17, 15) is 4.79 Å². The zero-order valence-electron chi connectivity index (χ0n) is 11.9. The molecule has 1 saturated carbocycles. The lowest BCUT2D eigenvalue weighted by Crippen LogP contribution is -2.50. The molecule has 3 nitrogen and oxygen atoms in total. The molecule has 0 aromatic heterocycles. The van der Waals surface area contributed by atoms with Gasteiger partial charge in [-0.25, -0.2) is 0 Å². The molecule has 2 fully saturated rings. The van der Waals surface area contributed by atoms with Crippen LogP contribution in [0.5, 0.6) is 0 Å². The Labute approximate surface area is 125 Å². The molecule has 1 aromatic carbocycles. The number of halogens is 1. The van der Waals surface area contributed by atoms with Crippen LogP contribution >= 0.6 is 11.6 Å². The first-order chi connectivity index (χ1) is 9.65. The van der Waals surface area contributed by atoms with Gasteiger partial charge in [0.1, 0.15) is 0 Å². The Morgan fingerprint density at radius 3 is 2.50 bits per heavy atom. The highest BCUT2D eigenvalue weighted by atomic mass is 35.5. The predicted octanol–water partition coefficient (Wildman–Crippen LogP) is 2.90. The first-order valence-corrected chi connectivity index (χ1v) is 7.78. The van der Waals surface area contributed by atoms with Gasteiger partial charge in [-0.3, -0.25) is 4.79 Å². The molecule has 1 aliphatic heterocycles. The van der Waals surface area contributed by atoms with Crippen LogP contribution in [0.1, 0.15) is 29.6 Å². The fourth-order valence-corrected chi connectivity index (χ4v) is 2.97. The van der Waals surface area contributed by atoms with Crippen LogP contribution in [0.4, 0.5) is 0 Å². The fourth-order valence-electron chi connectivity index (χ4n) is 2.84. The monoisotopic (exact) mass is 292 g/mol. The third kappa shape index (κ3) is 2.99. The number of hydrogen-bond acceptors (Lipinski definition) is 2. The molecule has 0 bridgehead atoms. The highest BCUT2D eigenvalue weighted by Gasteiger charge is 2.37. The van der Waals surface area contributed by atoms with E-state index in [1.54, 1.807) is 12.1 Å². The van der Waals surface area contributed by atoms with E-state index < -0.39 is 0 Å². The van der Waals surface area contributed by atoms with Gasteiger partial charge in [0.25, 0.3) is 5.91 Å². The minimum Gasteiger partial charge on any atom is -0.337 e. The summed E-state index contributed by atoms with van der Waals surface area (Å²) in [5, 5.41) is 0.670. The van der Waals surface area contributed by atoms with Gasteiger partial charge in [-0.15, -0.1) is 0 Å². The van der Waals surface area contributed by atoms with Crippen LogP contribution in [0.15, 0.2) is 24.3 Å². The van der Waals surface area contributed by atoms with Crippen molar-refractivity contribution in [2.45, 2.75) is 25.3 Å². The van der Waals surface area contributed by atoms with E-state index in [0.29, 0.717) is 17.0 Å². The van der Waals surface area contributed by atoms with Crippen molar-refractivity contribution in [3.05, 3.63) is 34.9 Å². The van der Waals surface area contributed by atoms with Crippen molar-refractivity contribution in [2.75, 3.05) is 26.7 Å². The van der Waals surface area contributed by atoms with Crippen molar-refractivity contribution in [1.82, 2.24) is 9.80 Å². The van der Waals surface area contributed by atoms with Gasteiger partial charge >= 0.3 is 0 Å². The first-order valence-electron chi connectivity index (χ1n) is 7.40. The summed E-state index contributed by atoms with van der Waals surface area (Å²) in [6.45, 7) is 3.40. The largest absolute Gasteiger partial charge is 0.337 e. The Kier molecular flexibility index (Phi) is 3.99. The molecule has 0 spiro atoms. The average molecular weight is 293 g/mol. The van der Waals surface area contributed by atoms with Crippen molar-refractivity contribution < 1.29 is 4.79 Å². The molecule has 2 aliphatic rings. The maximum atomic E-state index is 12.6. The van der Waals surface area contributed by atoms with Crippen LogP contribution in [0.2, 0.25) is 5.02 Å². The first kappa shape index (κ1) is 13.9. The summed E-state index contributed by atoms with van der Waals surface area (Å²) in [5.41, 5.74) is 0.728. The molecule has 0 N–H and O–H groups in total. The molecule has 4 heteroatoms. The predicted molar refractivity (Wildman–Crippen MR) is 81.1 cm³/mol. The second-order valence-corrected chi connectivity index (χ2v) is 6.42. The van der Waals surface area contributed by atoms with Crippen molar-refractivity contribution in [1.29, 1.82) is 0 Å². The third-order valence-corrected chi connectivity index (χ3v) is 4.72. The molecule has 1 unspecified atom stereocenters. The van der Waals surface area contributed by atoms with E-state index in [-0.39, 0.29) is 5.91 Å². The minimum atomic E-state index is 0.110. The number of rotatable bonds is 5.